The van der Waals surface area contributed by atoms with Crippen molar-refractivity contribution in [3.8, 4) is 11.4 Å². The molecule has 11 heteroatoms. The highest BCUT2D eigenvalue weighted by atomic mass is 35.5. The maximum Gasteiger partial charge on any atom is 0.487 e. The molecule has 146 valence electrons. The number of hydrogen-bond acceptors (Lipinski definition) is 4. The minimum atomic E-state index is -3.83. The molecule has 28 heavy (non-hydrogen) atoms. The Morgan fingerprint density at radius 2 is 1.89 bits per heavy atom. The molecule has 0 radical (unpaired) electrons. The number of pyridine rings is 1. The lowest BCUT2D eigenvalue weighted by Gasteiger charge is -2.11. The van der Waals surface area contributed by atoms with Gasteiger partial charge in [0.15, 0.2) is 5.15 Å². The van der Waals surface area contributed by atoms with Crippen LogP contribution in [0.25, 0.3) is 5.69 Å². The van der Waals surface area contributed by atoms with Gasteiger partial charge in [0.2, 0.25) is 0 Å². The molecule has 0 aliphatic heterocycles. The number of benzene rings is 1. The van der Waals surface area contributed by atoms with Crippen molar-refractivity contribution < 1.29 is 18.3 Å². The average molecular weight is 429 g/mol. The van der Waals surface area contributed by atoms with E-state index in [2.05, 4.69) is 15.2 Å². The summed E-state index contributed by atoms with van der Waals surface area (Å²) in [5.74, 6) is -0.692. The van der Waals surface area contributed by atoms with E-state index >= 15 is 0 Å². The number of nitrogens with one attached hydrogen (secondary N) is 1. The molecule has 7 nitrogen and oxygen atoms in total. The molecule has 0 aliphatic rings. The van der Waals surface area contributed by atoms with Gasteiger partial charge in [-0.3, -0.25) is 18.8 Å². The van der Waals surface area contributed by atoms with Crippen LogP contribution in [0.5, 0.6) is 5.75 Å². The number of aryl methyl sites for hydroxylation is 1. The van der Waals surface area contributed by atoms with Crippen LogP contribution in [-0.4, -0.2) is 25.8 Å². The molecular formula is C17H12Cl2F2N4O3. The zero-order valence-corrected chi connectivity index (χ0v) is 15.7. The van der Waals surface area contributed by atoms with E-state index in [-0.39, 0.29) is 16.5 Å². The molecular weight excluding hydrogens is 417 g/mol. The first kappa shape index (κ1) is 19.8. The number of amides is 1. The second-order valence-corrected chi connectivity index (χ2v) is 6.39. The average Bonchev–Trinajstić information content (AvgIpc) is 2.95. The Labute approximate surface area is 167 Å². The molecule has 1 aromatic carbocycles. The smallest absolute Gasteiger partial charge is 0.420 e. The van der Waals surface area contributed by atoms with Gasteiger partial charge in [0.25, 0.3) is 11.5 Å². The minimum Gasteiger partial charge on any atom is -0.420 e. The third-order valence-electron chi connectivity index (χ3n) is 3.63. The normalized spacial score (nSPS) is 11.3. The number of nitrogens with zero attached hydrogens (tertiary/aromatic N) is 3. The first-order chi connectivity index (χ1) is 13.1. The summed E-state index contributed by atoms with van der Waals surface area (Å²) < 4.78 is 32.0. The highest BCUT2D eigenvalue weighted by molar-refractivity contribution is 6.31. The molecule has 0 aliphatic carbocycles. The van der Waals surface area contributed by atoms with Crippen LogP contribution in [0.15, 0.2) is 53.6 Å². The monoisotopic (exact) mass is 428 g/mol. The summed E-state index contributed by atoms with van der Waals surface area (Å²) in [4.78, 5) is 24.6. The fraction of sp³-hybridized carbons (Fsp3) is 0.118. The van der Waals surface area contributed by atoms with E-state index in [1.165, 1.54) is 58.0 Å². The maximum atomic E-state index is 12.6. The molecule has 2 aromatic heterocycles. The second kappa shape index (κ2) is 7.61. The van der Waals surface area contributed by atoms with Gasteiger partial charge in [-0.25, -0.2) is 0 Å². The first-order valence-electron chi connectivity index (χ1n) is 7.72. The molecule has 0 bridgehead atoms. The number of carbonyl (C=O) groups excluding carboxylic acids is 1. The van der Waals surface area contributed by atoms with Gasteiger partial charge in [0.1, 0.15) is 11.4 Å². The van der Waals surface area contributed by atoms with Crippen molar-refractivity contribution in [2.24, 2.45) is 7.05 Å². The van der Waals surface area contributed by atoms with Gasteiger partial charge in [-0.15, -0.1) is 8.78 Å². The molecule has 1 amide bonds. The van der Waals surface area contributed by atoms with Crippen molar-refractivity contribution in [1.82, 2.24) is 14.3 Å². The topological polar surface area (TPSA) is 78.2 Å². The maximum absolute atomic E-state index is 12.6. The molecule has 0 atom stereocenters. The van der Waals surface area contributed by atoms with E-state index in [0.29, 0.717) is 11.4 Å². The summed E-state index contributed by atoms with van der Waals surface area (Å²) in [5.41, 5.74) is -3.40. The van der Waals surface area contributed by atoms with Crippen LogP contribution >= 0.6 is 23.2 Å². The SMILES string of the molecule is Cn1ncc(-n2cc(C(=O)Nc3ccc(OC(F)(F)Cl)cc3)ccc2=O)c1Cl. The van der Waals surface area contributed by atoms with Crippen LogP contribution < -0.4 is 15.6 Å². The Kier molecular flexibility index (Phi) is 5.39. The number of alkyl halides is 3. The van der Waals surface area contributed by atoms with Crippen molar-refractivity contribution in [1.29, 1.82) is 0 Å². The Bertz CT molecular complexity index is 1080. The minimum absolute atomic E-state index is 0.169. The van der Waals surface area contributed by atoms with Gasteiger partial charge >= 0.3 is 5.57 Å². The predicted molar refractivity (Wildman–Crippen MR) is 99.6 cm³/mol. The van der Waals surface area contributed by atoms with Gasteiger partial charge in [-0.1, -0.05) is 11.6 Å². The largest absolute Gasteiger partial charge is 0.487 e. The lowest BCUT2D eigenvalue weighted by molar-refractivity contribution is -0.0964. The summed E-state index contributed by atoms with van der Waals surface area (Å²) in [6.45, 7) is 0. The predicted octanol–water partition coefficient (Wildman–Crippen LogP) is 3.64. The Balaban J connectivity index is 1.81. The van der Waals surface area contributed by atoms with Crippen LogP contribution in [0.3, 0.4) is 0 Å². The second-order valence-electron chi connectivity index (χ2n) is 5.60. The van der Waals surface area contributed by atoms with Crippen molar-refractivity contribution in [2.45, 2.75) is 5.57 Å². The number of anilines is 1. The van der Waals surface area contributed by atoms with E-state index < -0.39 is 17.0 Å². The standard InChI is InChI=1S/C17H12Cl2F2N4O3/c1-24-15(18)13(8-22-24)25-9-10(2-7-14(25)26)16(27)23-11-3-5-12(6-4-11)28-17(19,20)21/h2-9H,1H3,(H,23,27). The van der Waals surface area contributed by atoms with E-state index in [1.807, 2.05) is 0 Å². The molecule has 2 heterocycles. The van der Waals surface area contributed by atoms with Gasteiger partial charge in [0.05, 0.1) is 11.8 Å². The molecule has 0 spiro atoms. The number of carbonyl (C=O) groups is 1. The van der Waals surface area contributed by atoms with Crippen LogP contribution in [0.2, 0.25) is 5.15 Å². The van der Waals surface area contributed by atoms with Crippen LogP contribution in [0, 0.1) is 0 Å². The number of hydrogen-bond donors (Lipinski definition) is 1. The highest BCUT2D eigenvalue weighted by Gasteiger charge is 2.27. The molecule has 0 saturated heterocycles. The molecule has 0 saturated carbocycles. The summed E-state index contributed by atoms with van der Waals surface area (Å²) >= 11 is 10.8. The molecule has 3 aromatic rings. The van der Waals surface area contributed by atoms with Crippen molar-refractivity contribution in [3.63, 3.8) is 0 Å². The van der Waals surface area contributed by atoms with E-state index in [9.17, 15) is 18.4 Å². The van der Waals surface area contributed by atoms with Crippen LogP contribution in [0.1, 0.15) is 10.4 Å². The van der Waals surface area contributed by atoms with Crippen molar-refractivity contribution >= 4 is 34.8 Å². The molecule has 0 fully saturated rings. The fourth-order valence-electron chi connectivity index (χ4n) is 2.33. The highest BCUT2D eigenvalue weighted by Crippen LogP contribution is 2.26. The number of ether oxygens (including phenoxy) is 1. The van der Waals surface area contributed by atoms with E-state index in [4.69, 9.17) is 23.2 Å². The lowest BCUT2D eigenvalue weighted by Crippen LogP contribution is -2.21. The third kappa shape index (κ3) is 4.49. The molecule has 3 rings (SSSR count). The zero-order valence-electron chi connectivity index (χ0n) is 14.2. The van der Waals surface area contributed by atoms with E-state index in [1.54, 1.807) is 7.05 Å². The molecule has 0 unspecified atom stereocenters. The molecule has 1 N–H and O–H groups in total. The van der Waals surface area contributed by atoms with Crippen molar-refractivity contribution in [3.05, 3.63) is 69.9 Å². The summed E-state index contributed by atoms with van der Waals surface area (Å²) in [5, 5.41) is 6.77. The van der Waals surface area contributed by atoms with Crippen molar-refractivity contribution in [2.75, 3.05) is 5.32 Å². The Hall–Kier alpha value is -2.91. The van der Waals surface area contributed by atoms with Gasteiger partial charge < -0.3 is 10.1 Å². The van der Waals surface area contributed by atoms with Gasteiger partial charge in [-0.2, -0.15) is 5.10 Å². The lowest BCUT2D eigenvalue weighted by atomic mass is 10.2. The first-order valence-corrected chi connectivity index (χ1v) is 8.47. The number of aromatic nitrogens is 3. The Morgan fingerprint density at radius 1 is 1.21 bits per heavy atom. The van der Waals surface area contributed by atoms with Gasteiger partial charge in [0, 0.05) is 36.6 Å². The van der Waals surface area contributed by atoms with Crippen LogP contribution in [0.4, 0.5) is 14.5 Å². The fourth-order valence-corrected chi connectivity index (χ4v) is 2.60. The zero-order chi connectivity index (χ0) is 20.5. The van der Waals surface area contributed by atoms with Crippen LogP contribution in [-0.2, 0) is 7.05 Å². The summed E-state index contributed by atoms with van der Waals surface area (Å²) in [6, 6.07) is 7.75. The summed E-state index contributed by atoms with van der Waals surface area (Å²) in [6.07, 6.45) is 2.73. The number of halogens is 4. The van der Waals surface area contributed by atoms with E-state index in [0.717, 1.165) is 0 Å². The number of rotatable bonds is 5. The third-order valence-corrected chi connectivity index (χ3v) is 4.14. The summed E-state index contributed by atoms with van der Waals surface area (Å²) in [7, 11) is 1.61. The Morgan fingerprint density at radius 3 is 2.46 bits per heavy atom. The quantitative estimate of drug-likeness (QED) is 0.629. The van der Waals surface area contributed by atoms with Gasteiger partial charge in [-0.05, 0) is 30.3 Å².